The predicted molar refractivity (Wildman–Crippen MR) is 77.8 cm³/mol. The molecule has 3 N–H and O–H groups in total. The van der Waals surface area contributed by atoms with Gasteiger partial charge in [0.15, 0.2) is 0 Å². The number of hydrogen-bond acceptors (Lipinski definition) is 4. The van der Waals surface area contributed by atoms with Gasteiger partial charge in [-0.1, -0.05) is 29.3 Å². The van der Waals surface area contributed by atoms with Crippen LogP contribution in [0.5, 0.6) is 0 Å². The van der Waals surface area contributed by atoms with Crippen LogP contribution in [0.4, 0.5) is 0 Å². The molecule has 0 spiro atoms. The Labute approximate surface area is 126 Å². The van der Waals surface area contributed by atoms with Crippen LogP contribution in [0.2, 0.25) is 10.0 Å². The SMILES string of the molecule is OCc1ccc(CNCC(O)c2c(Cl)cccc2Cl)o1. The molecule has 0 fully saturated rings. The minimum Gasteiger partial charge on any atom is -0.462 e. The molecule has 1 atom stereocenters. The zero-order chi connectivity index (χ0) is 14.5. The summed E-state index contributed by atoms with van der Waals surface area (Å²) in [6.07, 6.45) is -0.802. The van der Waals surface area contributed by atoms with Crippen LogP contribution < -0.4 is 5.32 Å². The van der Waals surface area contributed by atoms with E-state index in [0.29, 0.717) is 40.2 Å². The third-order valence-electron chi connectivity index (χ3n) is 2.84. The number of rotatable bonds is 6. The molecular formula is C14H15Cl2NO3. The Morgan fingerprint density at radius 2 is 1.75 bits per heavy atom. The van der Waals surface area contributed by atoms with E-state index in [1.54, 1.807) is 30.3 Å². The zero-order valence-corrected chi connectivity index (χ0v) is 12.2. The first kappa shape index (κ1) is 15.4. The van der Waals surface area contributed by atoms with E-state index in [-0.39, 0.29) is 6.61 Å². The third kappa shape index (κ3) is 3.75. The Hall–Kier alpha value is -1.04. The van der Waals surface area contributed by atoms with Gasteiger partial charge in [0.1, 0.15) is 18.1 Å². The van der Waals surface area contributed by atoms with Gasteiger partial charge < -0.3 is 19.9 Å². The van der Waals surface area contributed by atoms with Crippen molar-refractivity contribution in [2.24, 2.45) is 0 Å². The first-order valence-electron chi connectivity index (χ1n) is 6.13. The Morgan fingerprint density at radius 1 is 1.10 bits per heavy atom. The van der Waals surface area contributed by atoms with Gasteiger partial charge in [-0.3, -0.25) is 0 Å². The molecule has 0 saturated carbocycles. The van der Waals surface area contributed by atoms with Crippen LogP contribution in [0.1, 0.15) is 23.2 Å². The lowest BCUT2D eigenvalue weighted by atomic mass is 10.1. The van der Waals surface area contributed by atoms with Gasteiger partial charge in [-0.2, -0.15) is 0 Å². The Morgan fingerprint density at radius 3 is 2.35 bits per heavy atom. The summed E-state index contributed by atoms with van der Waals surface area (Å²) in [5, 5.41) is 22.9. The second-order valence-electron chi connectivity index (χ2n) is 4.31. The highest BCUT2D eigenvalue weighted by atomic mass is 35.5. The topological polar surface area (TPSA) is 65.6 Å². The molecule has 0 radical (unpaired) electrons. The second kappa shape index (κ2) is 7.11. The Kier molecular flexibility index (Phi) is 5.46. The van der Waals surface area contributed by atoms with Crippen molar-refractivity contribution in [2.75, 3.05) is 6.54 Å². The van der Waals surface area contributed by atoms with Gasteiger partial charge >= 0.3 is 0 Å². The normalized spacial score (nSPS) is 12.6. The van der Waals surface area contributed by atoms with Gasteiger partial charge in [0.05, 0.1) is 12.6 Å². The molecule has 1 aromatic carbocycles. The molecule has 0 aliphatic heterocycles. The maximum atomic E-state index is 10.1. The molecule has 4 nitrogen and oxygen atoms in total. The summed E-state index contributed by atoms with van der Waals surface area (Å²) in [5.41, 5.74) is 0.513. The fourth-order valence-corrected chi connectivity index (χ4v) is 2.51. The number of benzene rings is 1. The lowest BCUT2D eigenvalue weighted by Crippen LogP contribution is -2.21. The molecule has 0 bridgehead atoms. The predicted octanol–water partition coefficient (Wildman–Crippen LogP) is 2.90. The van der Waals surface area contributed by atoms with Crippen LogP contribution in [0.15, 0.2) is 34.7 Å². The molecule has 2 rings (SSSR count). The molecule has 20 heavy (non-hydrogen) atoms. The van der Waals surface area contributed by atoms with Gasteiger partial charge in [0.25, 0.3) is 0 Å². The van der Waals surface area contributed by atoms with Crippen LogP contribution in [0.3, 0.4) is 0 Å². The zero-order valence-electron chi connectivity index (χ0n) is 10.6. The van der Waals surface area contributed by atoms with Crippen molar-refractivity contribution in [3.8, 4) is 0 Å². The highest BCUT2D eigenvalue weighted by Crippen LogP contribution is 2.29. The van der Waals surface area contributed by atoms with Crippen molar-refractivity contribution < 1.29 is 14.6 Å². The van der Waals surface area contributed by atoms with E-state index < -0.39 is 6.10 Å². The molecule has 2 aromatic rings. The summed E-state index contributed by atoms with van der Waals surface area (Å²) in [7, 11) is 0. The molecule has 6 heteroatoms. The quantitative estimate of drug-likeness (QED) is 0.767. The van der Waals surface area contributed by atoms with E-state index in [2.05, 4.69) is 5.32 Å². The molecular weight excluding hydrogens is 301 g/mol. The fraction of sp³-hybridized carbons (Fsp3) is 0.286. The number of hydrogen-bond donors (Lipinski definition) is 3. The van der Waals surface area contributed by atoms with E-state index in [1.807, 2.05) is 0 Å². The summed E-state index contributed by atoms with van der Waals surface area (Å²) in [5.74, 6) is 1.20. The molecule has 1 aromatic heterocycles. The van der Waals surface area contributed by atoms with Crippen LogP contribution in [0, 0.1) is 0 Å². The van der Waals surface area contributed by atoms with Gasteiger partial charge in [0.2, 0.25) is 0 Å². The van der Waals surface area contributed by atoms with Crippen molar-refractivity contribution in [1.29, 1.82) is 0 Å². The second-order valence-corrected chi connectivity index (χ2v) is 5.12. The van der Waals surface area contributed by atoms with Crippen LogP contribution in [0.25, 0.3) is 0 Å². The molecule has 0 aliphatic carbocycles. The number of aliphatic hydroxyl groups is 2. The third-order valence-corrected chi connectivity index (χ3v) is 3.50. The van der Waals surface area contributed by atoms with Crippen molar-refractivity contribution in [2.45, 2.75) is 19.3 Å². The highest BCUT2D eigenvalue weighted by molar-refractivity contribution is 6.36. The molecule has 1 heterocycles. The summed E-state index contributed by atoms with van der Waals surface area (Å²) >= 11 is 12.0. The number of aliphatic hydroxyl groups excluding tert-OH is 2. The molecule has 0 aliphatic rings. The van der Waals surface area contributed by atoms with Gasteiger partial charge in [-0.15, -0.1) is 0 Å². The molecule has 0 amide bonds. The van der Waals surface area contributed by atoms with Crippen molar-refractivity contribution in [3.63, 3.8) is 0 Å². The monoisotopic (exact) mass is 315 g/mol. The lowest BCUT2D eigenvalue weighted by molar-refractivity contribution is 0.173. The van der Waals surface area contributed by atoms with Gasteiger partial charge in [-0.05, 0) is 24.3 Å². The summed E-state index contributed by atoms with van der Waals surface area (Å²) in [6.45, 7) is 0.607. The van der Waals surface area contributed by atoms with E-state index in [9.17, 15) is 5.11 Å². The fourth-order valence-electron chi connectivity index (χ4n) is 1.87. The first-order valence-corrected chi connectivity index (χ1v) is 6.88. The molecule has 1 unspecified atom stereocenters. The average Bonchev–Trinajstić information content (AvgIpc) is 2.86. The smallest absolute Gasteiger partial charge is 0.129 e. The minimum absolute atomic E-state index is 0.127. The summed E-state index contributed by atoms with van der Waals surface area (Å²) in [6, 6.07) is 8.58. The van der Waals surface area contributed by atoms with Gasteiger partial charge in [-0.25, -0.2) is 0 Å². The lowest BCUT2D eigenvalue weighted by Gasteiger charge is -2.14. The van der Waals surface area contributed by atoms with Crippen LogP contribution in [-0.4, -0.2) is 16.8 Å². The molecule has 108 valence electrons. The maximum Gasteiger partial charge on any atom is 0.129 e. The van der Waals surface area contributed by atoms with E-state index >= 15 is 0 Å². The number of furan rings is 1. The van der Waals surface area contributed by atoms with E-state index in [0.717, 1.165) is 0 Å². The summed E-state index contributed by atoms with van der Waals surface area (Å²) in [4.78, 5) is 0. The Balaban J connectivity index is 1.90. The average molecular weight is 316 g/mol. The summed E-state index contributed by atoms with van der Waals surface area (Å²) < 4.78 is 5.32. The van der Waals surface area contributed by atoms with Crippen molar-refractivity contribution in [3.05, 3.63) is 57.5 Å². The minimum atomic E-state index is -0.802. The van der Waals surface area contributed by atoms with E-state index in [4.69, 9.17) is 32.7 Å². The van der Waals surface area contributed by atoms with E-state index in [1.165, 1.54) is 0 Å². The maximum absolute atomic E-state index is 10.1. The Bertz CT molecular complexity index is 551. The first-order chi connectivity index (χ1) is 9.61. The van der Waals surface area contributed by atoms with Crippen LogP contribution >= 0.6 is 23.2 Å². The molecule has 0 saturated heterocycles. The number of halogens is 2. The number of nitrogens with one attached hydrogen (secondary N) is 1. The van der Waals surface area contributed by atoms with Crippen molar-refractivity contribution >= 4 is 23.2 Å². The van der Waals surface area contributed by atoms with Crippen LogP contribution in [-0.2, 0) is 13.2 Å². The largest absolute Gasteiger partial charge is 0.462 e. The van der Waals surface area contributed by atoms with Crippen molar-refractivity contribution in [1.82, 2.24) is 5.32 Å². The van der Waals surface area contributed by atoms with Gasteiger partial charge in [0, 0.05) is 22.2 Å². The highest BCUT2D eigenvalue weighted by Gasteiger charge is 2.15. The standard InChI is InChI=1S/C14H15Cl2NO3/c15-11-2-1-3-12(16)14(11)13(19)7-17-6-9-4-5-10(8-18)20-9/h1-5,13,17-19H,6-8H2.